The van der Waals surface area contributed by atoms with E-state index in [0.29, 0.717) is 4.88 Å². The van der Waals surface area contributed by atoms with Gasteiger partial charge in [-0.1, -0.05) is 6.07 Å². The number of amides is 1. The average Bonchev–Trinajstić information content (AvgIpc) is 2.78. The second-order valence-electron chi connectivity index (χ2n) is 3.43. The number of thiophene rings is 1. The maximum atomic E-state index is 11.5. The molecule has 0 spiro atoms. The van der Waals surface area contributed by atoms with E-state index in [2.05, 4.69) is 10.1 Å². The molecule has 1 rings (SSSR count). The van der Waals surface area contributed by atoms with E-state index in [1.807, 2.05) is 0 Å². The molecule has 0 aliphatic heterocycles. The lowest BCUT2D eigenvalue weighted by molar-refractivity contribution is -0.159. The molecule has 0 radical (unpaired) electrons. The lowest BCUT2D eigenvalue weighted by Crippen LogP contribution is -2.47. The molecule has 1 atom stereocenters. The summed E-state index contributed by atoms with van der Waals surface area (Å²) in [5.74, 6) is -1.10. The molecule has 2 N–H and O–H groups in total. The molecule has 0 fully saturated rings. The summed E-state index contributed by atoms with van der Waals surface area (Å²) in [6, 6.07) is 3.41. The smallest absolute Gasteiger partial charge is 0.339 e. The molecular formula is C10H13NO4S. The fraction of sp³-hybridized carbons (Fsp3) is 0.400. The van der Waals surface area contributed by atoms with E-state index in [-0.39, 0.29) is 12.5 Å². The molecule has 0 aromatic carbocycles. The summed E-state index contributed by atoms with van der Waals surface area (Å²) < 4.78 is 4.40. The molecule has 0 aliphatic rings. The number of carbonyl (C=O) groups excluding carboxylic acids is 2. The number of nitrogens with one attached hydrogen (secondary N) is 1. The highest BCUT2D eigenvalue weighted by Crippen LogP contribution is 2.09. The second-order valence-corrected chi connectivity index (χ2v) is 4.37. The quantitative estimate of drug-likeness (QED) is 0.751. The Labute approximate surface area is 97.0 Å². The third kappa shape index (κ3) is 3.04. The molecule has 5 nitrogen and oxygen atoms in total. The highest BCUT2D eigenvalue weighted by molar-refractivity contribution is 7.12. The van der Waals surface area contributed by atoms with Crippen molar-refractivity contribution in [2.24, 2.45) is 0 Å². The first kappa shape index (κ1) is 12.7. The van der Waals surface area contributed by atoms with E-state index in [0.717, 1.165) is 0 Å². The van der Waals surface area contributed by atoms with Crippen molar-refractivity contribution in [2.75, 3.05) is 13.7 Å². The topological polar surface area (TPSA) is 75.6 Å². The molecule has 88 valence electrons. The van der Waals surface area contributed by atoms with Gasteiger partial charge in [0.2, 0.25) is 0 Å². The summed E-state index contributed by atoms with van der Waals surface area (Å²) in [6.07, 6.45) is 0. The molecule has 0 aliphatic carbocycles. The Bertz CT molecular complexity index is 372. The van der Waals surface area contributed by atoms with Gasteiger partial charge in [-0.25, -0.2) is 4.79 Å². The zero-order chi connectivity index (χ0) is 12.2. The minimum absolute atomic E-state index is 0.184. The van der Waals surface area contributed by atoms with Gasteiger partial charge < -0.3 is 15.2 Å². The van der Waals surface area contributed by atoms with Crippen LogP contribution in [0.2, 0.25) is 0 Å². The molecule has 0 saturated heterocycles. The van der Waals surface area contributed by atoms with Gasteiger partial charge in [0.05, 0.1) is 18.5 Å². The molecule has 0 bridgehead atoms. The normalized spacial score (nSPS) is 13.9. The van der Waals surface area contributed by atoms with Crippen LogP contribution in [-0.2, 0) is 9.53 Å². The Balaban J connectivity index is 2.52. The van der Waals surface area contributed by atoms with Crippen molar-refractivity contribution < 1.29 is 19.4 Å². The molecule has 16 heavy (non-hydrogen) atoms. The molecule has 1 amide bonds. The van der Waals surface area contributed by atoms with Crippen molar-refractivity contribution >= 4 is 23.2 Å². The van der Waals surface area contributed by atoms with Crippen LogP contribution in [0, 0.1) is 0 Å². The van der Waals surface area contributed by atoms with E-state index in [9.17, 15) is 14.7 Å². The van der Waals surface area contributed by atoms with Gasteiger partial charge in [-0.3, -0.25) is 4.79 Å². The van der Waals surface area contributed by atoms with Crippen molar-refractivity contribution in [2.45, 2.75) is 12.5 Å². The standard InChI is InChI=1S/C10H13NO4S/c1-10(14,9(13)15-2)6-11-8(12)7-4-3-5-16-7/h3-5,14H,6H2,1-2H3,(H,11,12)/t10-/m0/s1. The molecular weight excluding hydrogens is 230 g/mol. The van der Waals surface area contributed by atoms with E-state index in [1.54, 1.807) is 17.5 Å². The Morgan fingerprint density at radius 1 is 1.62 bits per heavy atom. The Hall–Kier alpha value is -1.40. The van der Waals surface area contributed by atoms with E-state index < -0.39 is 11.6 Å². The van der Waals surface area contributed by atoms with Gasteiger partial charge in [-0.2, -0.15) is 0 Å². The fourth-order valence-electron chi connectivity index (χ4n) is 1.04. The summed E-state index contributed by atoms with van der Waals surface area (Å²) in [6.45, 7) is 1.10. The molecule has 1 heterocycles. The van der Waals surface area contributed by atoms with Crippen LogP contribution in [-0.4, -0.2) is 36.2 Å². The SMILES string of the molecule is COC(=O)[C@@](C)(O)CNC(=O)c1cccs1. The molecule has 1 aromatic rings. The van der Waals surface area contributed by atoms with Gasteiger partial charge in [0.25, 0.3) is 5.91 Å². The van der Waals surface area contributed by atoms with Crippen LogP contribution in [0.5, 0.6) is 0 Å². The maximum Gasteiger partial charge on any atom is 0.339 e. The van der Waals surface area contributed by atoms with E-state index >= 15 is 0 Å². The highest BCUT2D eigenvalue weighted by Gasteiger charge is 2.31. The number of rotatable bonds is 4. The first-order valence-corrected chi connectivity index (χ1v) is 5.48. The summed E-state index contributed by atoms with van der Waals surface area (Å²) >= 11 is 1.29. The number of hydrogen-bond donors (Lipinski definition) is 2. The monoisotopic (exact) mass is 243 g/mol. The van der Waals surface area contributed by atoms with Crippen LogP contribution in [0.15, 0.2) is 17.5 Å². The fourth-order valence-corrected chi connectivity index (χ4v) is 1.68. The maximum absolute atomic E-state index is 11.5. The van der Waals surface area contributed by atoms with Gasteiger partial charge in [-0.05, 0) is 18.4 Å². The van der Waals surface area contributed by atoms with Crippen LogP contribution in [0.1, 0.15) is 16.6 Å². The lowest BCUT2D eigenvalue weighted by Gasteiger charge is -2.20. The number of esters is 1. The zero-order valence-electron chi connectivity index (χ0n) is 9.02. The lowest BCUT2D eigenvalue weighted by atomic mass is 10.1. The largest absolute Gasteiger partial charge is 0.467 e. The Morgan fingerprint density at radius 2 is 2.31 bits per heavy atom. The molecule has 1 aromatic heterocycles. The van der Waals surface area contributed by atoms with Gasteiger partial charge in [0.15, 0.2) is 5.60 Å². The summed E-state index contributed by atoms with van der Waals surface area (Å²) in [5, 5.41) is 13.9. The molecule has 0 saturated carbocycles. The highest BCUT2D eigenvalue weighted by atomic mass is 32.1. The van der Waals surface area contributed by atoms with Crippen molar-refractivity contribution in [3.05, 3.63) is 22.4 Å². The van der Waals surface area contributed by atoms with Crippen molar-refractivity contribution in [1.29, 1.82) is 0 Å². The van der Waals surface area contributed by atoms with Crippen LogP contribution < -0.4 is 5.32 Å². The van der Waals surface area contributed by atoms with Crippen LogP contribution in [0.3, 0.4) is 0 Å². The van der Waals surface area contributed by atoms with Crippen molar-refractivity contribution in [3.63, 3.8) is 0 Å². The predicted octanol–water partition coefficient (Wildman–Crippen LogP) is 0.402. The number of carbonyl (C=O) groups is 2. The average molecular weight is 243 g/mol. The van der Waals surface area contributed by atoms with Crippen molar-refractivity contribution in [3.8, 4) is 0 Å². The third-order valence-corrected chi connectivity index (χ3v) is 2.83. The van der Waals surface area contributed by atoms with Gasteiger partial charge in [0.1, 0.15) is 0 Å². The summed E-state index contributed by atoms with van der Waals surface area (Å²) in [5.41, 5.74) is -1.71. The number of ether oxygens (including phenoxy) is 1. The summed E-state index contributed by atoms with van der Waals surface area (Å²) in [7, 11) is 1.18. The van der Waals surface area contributed by atoms with Gasteiger partial charge in [0, 0.05) is 0 Å². The van der Waals surface area contributed by atoms with E-state index in [1.165, 1.54) is 25.4 Å². The van der Waals surface area contributed by atoms with Gasteiger partial charge in [-0.15, -0.1) is 11.3 Å². The Kier molecular flexibility index (Phi) is 4.03. The van der Waals surface area contributed by atoms with Crippen LogP contribution >= 0.6 is 11.3 Å². The van der Waals surface area contributed by atoms with Crippen LogP contribution in [0.4, 0.5) is 0 Å². The minimum Gasteiger partial charge on any atom is -0.467 e. The summed E-state index contributed by atoms with van der Waals surface area (Å²) in [4.78, 5) is 23.1. The zero-order valence-corrected chi connectivity index (χ0v) is 9.84. The predicted molar refractivity (Wildman–Crippen MR) is 59.3 cm³/mol. The first-order valence-electron chi connectivity index (χ1n) is 4.60. The third-order valence-electron chi connectivity index (χ3n) is 1.96. The Morgan fingerprint density at radius 3 is 2.81 bits per heavy atom. The number of methoxy groups -OCH3 is 1. The molecule has 6 heteroatoms. The van der Waals surface area contributed by atoms with E-state index in [4.69, 9.17) is 0 Å². The minimum atomic E-state index is -1.71. The second kappa shape index (κ2) is 5.09. The number of aliphatic hydroxyl groups is 1. The van der Waals surface area contributed by atoms with Gasteiger partial charge >= 0.3 is 5.97 Å². The molecule has 0 unspecified atom stereocenters. The number of hydrogen-bond acceptors (Lipinski definition) is 5. The van der Waals surface area contributed by atoms with Crippen molar-refractivity contribution in [1.82, 2.24) is 5.32 Å². The van der Waals surface area contributed by atoms with Crippen LogP contribution in [0.25, 0.3) is 0 Å². The first-order chi connectivity index (χ1) is 7.47.